The van der Waals surface area contributed by atoms with E-state index in [-0.39, 0.29) is 37.6 Å². The Morgan fingerprint density at radius 2 is 0.367 bits per heavy atom. The normalized spacial score (nSPS) is 5.60. The van der Waals surface area contributed by atoms with E-state index in [1.807, 2.05) is 0 Å². The van der Waals surface area contributed by atoms with E-state index in [1.54, 1.807) is 0 Å². The Hall–Kier alpha value is -4.42. The quantitative estimate of drug-likeness (QED) is 0.185. The van der Waals surface area contributed by atoms with E-state index < -0.39 is 35.6 Å². The fourth-order valence-corrected chi connectivity index (χ4v) is 0. The summed E-state index contributed by atoms with van der Waals surface area (Å²) in [5, 5.41) is 102. The Morgan fingerprint density at radius 1 is 0.367 bits per heavy atom. The molecule has 30 heteroatoms. The molecule has 0 aliphatic carbocycles. The maximum absolute atomic E-state index is 8.36. The minimum absolute atomic E-state index is 0. The van der Waals surface area contributed by atoms with Crippen LogP contribution in [-0.2, 0) is 37.6 Å². The molecule has 0 atom stereocenters. The van der Waals surface area contributed by atoms with Crippen molar-refractivity contribution >= 4 is 0 Å². The first-order valence-corrected chi connectivity index (χ1v) is 3.85. The van der Waals surface area contributed by atoms with Crippen molar-refractivity contribution in [3.05, 3.63) is 102 Å². The van der Waals surface area contributed by atoms with Crippen molar-refractivity contribution < 1.29 is 78.4 Å². The zero-order chi connectivity index (χ0) is 25.0. The summed E-state index contributed by atoms with van der Waals surface area (Å²) >= 11 is 0. The maximum atomic E-state index is 8.36. The number of hydrogen-bond acceptors (Lipinski definition) is 20. The molecule has 0 spiro atoms. The van der Waals surface area contributed by atoms with Gasteiger partial charge in [0.1, 0.15) is 0 Å². The van der Waals surface area contributed by atoms with Crippen molar-refractivity contribution in [1.82, 2.24) is 0 Å². The van der Waals surface area contributed by atoms with Gasteiger partial charge in [-0.25, -0.2) is 0 Å². The predicted octanol–water partition coefficient (Wildman–Crippen LogP) is -1.79. The molecule has 0 saturated carbocycles. The summed E-state index contributed by atoms with van der Waals surface area (Å²) in [4.78, 5) is 57.9. The molecule has 0 bridgehead atoms. The van der Waals surface area contributed by atoms with Crippen LogP contribution in [0, 0.1) is 102 Å². The number of rotatable bonds is 0. The molecule has 1 N–H and O–H groups in total. The Labute approximate surface area is 181 Å². The van der Waals surface area contributed by atoms with Crippen LogP contribution >= 0.6 is 0 Å². The van der Waals surface area contributed by atoms with Crippen LogP contribution in [0.5, 0.6) is 0 Å². The zero-order valence-electron chi connectivity index (χ0n) is 12.5. The van der Waals surface area contributed by atoms with Crippen LogP contribution in [-0.4, -0.2) is 40.8 Å². The summed E-state index contributed by atoms with van der Waals surface area (Å²) in [7, 11) is 0. The zero-order valence-corrected chi connectivity index (χ0v) is 15.5. The van der Waals surface area contributed by atoms with Gasteiger partial charge in [-0.05, 0) is 0 Å². The molecule has 0 unspecified atom stereocenters. The summed E-state index contributed by atoms with van der Waals surface area (Å²) < 4.78 is 0. The maximum Gasteiger partial charge on any atom is 4.00 e. The molecule has 0 saturated heterocycles. The standard InChI is InChI=1S/Mo.HNO3.6NO3.Ni/c;7*2-1(3)4;/h;(H,2,3,4);;;;;;;/q+4;;6*-1;+2. The second-order valence-electron chi connectivity index (χ2n) is 1.58. The van der Waals surface area contributed by atoms with Gasteiger partial charge in [0.15, 0.2) is 0 Å². The van der Waals surface area contributed by atoms with Gasteiger partial charge < -0.3 is 97.1 Å². The van der Waals surface area contributed by atoms with Gasteiger partial charge in [0, 0.05) is 0 Å². The first-order valence-electron chi connectivity index (χ1n) is 3.85. The van der Waals surface area contributed by atoms with Gasteiger partial charge in [-0.3, -0.25) is 0 Å². The molecule has 0 aliphatic heterocycles. The van der Waals surface area contributed by atoms with Crippen LogP contribution in [0.4, 0.5) is 0 Å². The first-order chi connectivity index (χ1) is 12.1. The van der Waals surface area contributed by atoms with Gasteiger partial charge in [-0.2, -0.15) is 0 Å². The first kappa shape index (κ1) is 56.2. The molecule has 0 rings (SSSR count). The van der Waals surface area contributed by atoms with Crippen molar-refractivity contribution in [3.8, 4) is 0 Å². The van der Waals surface area contributed by atoms with E-state index in [1.165, 1.54) is 0 Å². The Morgan fingerprint density at radius 3 is 0.367 bits per heavy atom. The van der Waals surface area contributed by atoms with Gasteiger partial charge in [0.2, 0.25) is 0 Å². The van der Waals surface area contributed by atoms with Crippen molar-refractivity contribution in [2.45, 2.75) is 0 Å². The topological polar surface area (TPSA) is 461 Å². The van der Waals surface area contributed by atoms with E-state index in [2.05, 4.69) is 0 Å². The predicted molar refractivity (Wildman–Crippen MR) is 70.9 cm³/mol. The number of nitrogens with zero attached hydrogens (tertiary/aromatic N) is 7. The Bertz CT molecular complexity index is 314. The minimum atomic E-state index is -1.75. The van der Waals surface area contributed by atoms with E-state index >= 15 is 0 Å². The average Bonchev–Trinajstić information content (AvgIpc) is 2.20. The van der Waals surface area contributed by atoms with Crippen molar-refractivity contribution in [2.24, 2.45) is 0 Å². The molecule has 178 valence electrons. The van der Waals surface area contributed by atoms with E-state index in [9.17, 15) is 0 Å². The molecule has 0 aliphatic rings. The third-order valence-corrected chi connectivity index (χ3v) is 0. The van der Waals surface area contributed by atoms with E-state index in [4.69, 9.17) is 107 Å². The summed E-state index contributed by atoms with van der Waals surface area (Å²) in [6.07, 6.45) is 0. The number of hydrogen-bond donors (Lipinski definition) is 1. The molecule has 0 aromatic rings. The Balaban J connectivity index is -0.0000000242. The smallest absolute Gasteiger partial charge is 0.356 e. The largest absolute Gasteiger partial charge is 4.00 e. The fourth-order valence-electron chi connectivity index (χ4n) is 0. The molecular weight excluding hydrogens is 589 g/mol. The molecule has 0 radical (unpaired) electrons. The molecule has 0 aromatic heterocycles. The van der Waals surface area contributed by atoms with Crippen LogP contribution in [0.25, 0.3) is 0 Å². The molecule has 0 aromatic carbocycles. The minimum Gasteiger partial charge on any atom is -0.356 e. The SMILES string of the molecule is O=[N+]([O-])O.O=[N+]([O-])[O-].O=[N+]([O-])[O-].O=[N+]([O-])[O-].O=[N+]([O-])[O-].O=[N+]([O-])[O-].O=[N+]([O-])[O-].[Mo+4].[Ni+2]. The molecule has 30 heavy (non-hydrogen) atoms. The van der Waals surface area contributed by atoms with Crippen LogP contribution in [0.2, 0.25) is 0 Å². The fraction of sp³-hybridized carbons (Fsp3) is 0. The molecular formula is HMoN7NiO21. The molecule has 0 fully saturated rings. The molecule has 0 amide bonds. The van der Waals surface area contributed by atoms with Crippen molar-refractivity contribution in [2.75, 3.05) is 0 Å². The van der Waals surface area contributed by atoms with Gasteiger partial charge in [0.05, 0.1) is 30.5 Å². The average molecular weight is 590 g/mol. The summed E-state index contributed by atoms with van der Waals surface area (Å²) in [6.45, 7) is 0. The third kappa shape index (κ3) is 616. The summed E-state index contributed by atoms with van der Waals surface area (Å²) in [5.41, 5.74) is 0. The van der Waals surface area contributed by atoms with Gasteiger partial charge in [-0.1, -0.05) is 0 Å². The van der Waals surface area contributed by atoms with Gasteiger partial charge in [-0.15, -0.1) is 10.1 Å². The monoisotopic (exact) mass is 591 g/mol. The second kappa shape index (κ2) is 49.7. The van der Waals surface area contributed by atoms with Gasteiger partial charge >= 0.3 is 37.6 Å². The van der Waals surface area contributed by atoms with E-state index in [0.717, 1.165) is 0 Å². The summed E-state index contributed by atoms with van der Waals surface area (Å²) in [5.74, 6) is 0. The van der Waals surface area contributed by atoms with Crippen LogP contribution in [0.1, 0.15) is 0 Å². The molecule has 0 heterocycles. The van der Waals surface area contributed by atoms with Crippen LogP contribution in [0.15, 0.2) is 0 Å². The molecule has 28 nitrogen and oxygen atoms in total. The van der Waals surface area contributed by atoms with Crippen LogP contribution < -0.4 is 0 Å². The van der Waals surface area contributed by atoms with Crippen molar-refractivity contribution in [3.63, 3.8) is 0 Å². The van der Waals surface area contributed by atoms with Gasteiger partial charge in [0.25, 0.3) is 5.09 Å². The Kier molecular flexibility index (Phi) is 93.2. The van der Waals surface area contributed by atoms with Crippen molar-refractivity contribution in [1.29, 1.82) is 0 Å². The third-order valence-electron chi connectivity index (χ3n) is 0. The van der Waals surface area contributed by atoms with E-state index in [0.29, 0.717) is 0 Å². The summed E-state index contributed by atoms with van der Waals surface area (Å²) in [6, 6.07) is 0. The van der Waals surface area contributed by atoms with Crippen LogP contribution in [0.3, 0.4) is 0 Å². The second-order valence-corrected chi connectivity index (χ2v) is 1.58.